The Labute approximate surface area is 185 Å². The van der Waals surface area contributed by atoms with Gasteiger partial charge in [0, 0.05) is 30.2 Å². The zero-order valence-corrected chi connectivity index (χ0v) is 19.0. The second-order valence-corrected chi connectivity index (χ2v) is 10.4. The van der Waals surface area contributed by atoms with Crippen LogP contribution in [0.2, 0.25) is 0 Å². The van der Waals surface area contributed by atoms with Crippen LogP contribution in [0.5, 0.6) is 5.75 Å². The minimum Gasteiger partial charge on any atom is -0.497 e. The van der Waals surface area contributed by atoms with Gasteiger partial charge in [0.1, 0.15) is 17.7 Å². The minimum atomic E-state index is -3.87. The summed E-state index contributed by atoms with van der Waals surface area (Å²) in [4.78, 5) is 17.3. The molecule has 0 radical (unpaired) electrons. The average Bonchev–Trinajstić information content (AvgIpc) is 3.20. The Hall–Kier alpha value is -2.98. The second-order valence-electron chi connectivity index (χ2n) is 7.99. The lowest BCUT2D eigenvalue weighted by molar-refractivity contribution is -0.132. The number of ether oxygens (including phenoxy) is 1. The Bertz CT molecular complexity index is 1180. The summed E-state index contributed by atoms with van der Waals surface area (Å²) >= 11 is 0. The van der Waals surface area contributed by atoms with E-state index in [1.165, 1.54) is 18.5 Å². The monoisotopic (exact) mass is 464 g/mol. The number of carbonyl (C=O) groups is 1. The normalized spacial score (nSPS) is 17.8. The molecule has 2 N–H and O–H groups in total. The Morgan fingerprint density at radius 2 is 2.00 bits per heavy atom. The van der Waals surface area contributed by atoms with E-state index in [1.807, 2.05) is 13.0 Å². The number of hydrogen-bond acceptors (Lipinski definition) is 7. The van der Waals surface area contributed by atoms with E-state index in [2.05, 4.69) is 5.16 Å². The summed E-state index contributed by atoms with van der Waals surface area (Å²) in [7, 11) is -2.30. The Kier molecular flexibility index (Phi) is 6.56. The number of aryl methyl sites for hydroxylation is 1. The number of oxime groups is 1. The first-order valence-corrected chi connectivity index (χ1v) is 11.7. The Balaban J connectivity index is 1.80. The first-order valence-electron chi connectivity index (χ1n) is 9.82. The summed E-state index contributed by atoms with van der Waals surface area (Å²) in [6.07, 6.45) is 0.142. The number of nitrogens with zero attached hydrogens (tertiary/aromatic N) is 1. The highest BCUT2D eigenvalue weighted by molar-refractivity contribution is 7.92. The van der Waals surface area contributed by atoms with E-state index in [1.54, 1.807) is 31.4 Å². The summed E-state index contributed by atoms with van der Waals surface area (Å²) in [6, 6.07) is 10.1. The fraction of sp³-hybridized carbons (Fsp3) is 0.364. The third-order valence-corrected chi connectivity index (χ3v) is 7.77. The molecule has 0 bridgehead atoms. The van der Waals surface area contributed by atoms with Crippen LogP contribution in [0.1, 0.15) is 30.9 Å². The molecule has 0 spiro atoms. The molecule has 0 saturated carbocycles. The van der Waals surface area contributed by atoms with Crippen molar-refractivity contribution in [2.75, 3.05) is 13.4 Å². The van der Waals surface area contributed by atoms with Crippen LogP contribution in [0.3, 0.4) is 0 Å². The van der Waals surface area contributed by atoms with Gasteiger partial charge >= 0.3 is 0 Å². The highest BCUT2D eigenvalue weighted by Crippen LogP contribution is 2.32. The van der Waals surface area contributed by atoms with Crippen LogP contribution in [-0.4, -0.2) is 49.5 Å². The summed E-state index contributed by atoms with van der Waals surface area (Å²) in [5.41, 5.74) is 4.35. The van der Waals surface area contributed by atoms with Crippen molar-refractivity contribution in [1.82, 2.24) is 5.48 Å². The smallest absolute Gasteiger partial charge is 0.264 e. The van der Waals surface area contributed by atoms with Crippen molar-refractivity contribution >= 4 is 21.5 Å². The summed E-state index contributed by atoms with van der Waals surface area (Å²) in [5, 5.41) is 12.9. The van der Waals surface area contributed by atoms with Crippen LogP contribution in [0.25, 0.3) is 11.1 Å². The third kappa shape index (κ3) is 4.46. The number of rotatable bonds is 7. The Morgan fingerprint density at radius 1 is 1.31 bits per heavy atom. The van der Waals surface area contributed by atoms with E-state index in [0.29, 0.717) is 22.6 Å². The highest BCUT2D eigenvalue weighted by Gasteiger charge is 2.47. The van der Waals surface area contributed by atoms with Crippen LogP contribution < -0.4 is 10.2 Å². The van der Waals surface area contributed by atoms with Gasteiger partial charge in [-0.15, -0.1) is 0 Å². The van der Waals surface area contributed by atoms with Gasteiger partial charge in [-0.3, -0.25) is 10.0 Å². The standard InChI is InChI=1S/C22H25FN2O6S/c1-13-9-15(30-3)6-8-17(13)18-7-5-14(10-19(18)23)20-11-16(31-25-20)12-22(2,21(26)24-27)32(4,28)29/h5-10,16,27H,11-12H2,1-4H3,(H,24,26). The molecule has 0 aliphatic carbocycles. The van der Waals surface area contributed by atoms with Crippen molar-refractivity contribution in [2.45, 2.75) is 37.5 Å². The first kappa shape index (κ1) is 23.7. The van der Waals surface area contributed by atoms with Crippen molar-refractivity contribution in [2.24, 2.45) is 5.16 Å². The van der Waals surface area contributed by atoms with Gasteiger partial charge < -0.3 is 9.57 Å². The lowest BCUT2D eigenvalue weighted by Gasteiger charge is -2.26. The van der Waals surface area contributed by atoms with E-state index in [-0.39, 0.29) is 12.8 Å². The molecule has 2 atom stereocenters. The molecule has 1 aliphatic heterocycles. The van der Waals surface area contributed by atoms with E-state index in [0.717, 1.165) is 17.4 Å². The molecule has 3 rings (SSSR count). The van der Waals surface area contributed by atoms with Gasteiger partial charge in [0.05, 0.1) is 12.8 Å². The zero-order valence-electron chi connectivity index (χ0n) is 18.2. The molecule has 1 amide bonds. The first-order chi connectivity index (χ1) is 15.0. The predicted octanol–water partition coefficient (Wildman–Crippen LogP) is 3.00. The lowest BCUT2D eigenvalue weighted by atomic mass is 9.94. The molecular formula is C22H25FN2O6S. The average molecular weight is 465 g/mol. The summed E-state index contributed by atoms with van der Waals surface area (Å²) in [5.74, 6) is -0.812. The predicted molar refractivity (Wildman–Crippen MR) is 117 cm³/mol. The number of sulfone groups is 1. The number of benzene rings is 2. The number of hydrogen-bond donors (Lipinski definition) is 2. The number of amides is 1. The van der Waals surface area contributed by atoms with Crippen LogP contribution in [0.15, 0.2) is 41.6 Å². The van der Waals surface area contributed by atoms with E-state index < -0.39 is 32.4 Å². The molecule has 2 unspecified atom stereocenters. The number of nitrogens with one attached hydrogen (secondary N) is 1. The molecule has 0 aromatic heterocycles. The van der Waals surface area contributed by atoms with Gasteiger partial charge in [-0.1, -0.05) is 23.4 Å². The van der Waals surface area contributed by atoms with Gasteiger partial charge in [0.25, 0.3) is 5.91 Å². The van der Waals surface area contributed by atoms with Crippen molar-refractivity contribution in [1.29, 1.82) is 0 Å². The largest absolute Gasteiger partial charge is 0.497 e. The van der Waals surface area contributed by atoms with Gasteiger partial charge in [0.15, 0.2) is 14.6 Å². The maximum absolute atomic E-state index is 14.9. The van der Waals surface area contributed by atoms with Gasteiger partial charge in [0.2, 0.25) is 0 Å². The molecule has 1 aliphatic rings. The molecule has 0 fully saturated rings. The van der Waals surface area contributed by atoms with Crippen molar-refractivity contribution < 1.29 is 32.4 Å². The van der Waals surface area contributed by atoms with Gasteiger partial charge in [-0.05, 0) is 43.2 Å². The molecular weight excluding hydrogens is 439 g/mol. The maximum Gasteiger partial charge on any atom is 0.264 e. The number of halogens is 1. The van der Waals surface area contributed by atoms with Gasteiger partial charge in [-0.2, -0.15) is 0 Å². The molecule has 2 aromatic carbocycles. The second kappa shape index (κ2) is 8.87. The number of carbonyl (C=O) groups excluding carboxylic acids is 1. The van der Waals surface area contributed by atoms with Crippen LogP contribution >= 0.6 is 0 Å². The molecule has 8 nitrogen and oxygen atoms in total. The summed E-state index contributed by atoms with van der Waals surface area (Å²) < 4.78 is 42.5. The van der Waals surface area contributed by atoms with Crippen LogP contribution in [0, 0.1) is 12.7 Å². The molecule has 32 heavy (non-hydrogen) atoms. The van der Waals surface area contributed by atoms with E-state index in [9.17, 15) is 17.6 Å². The van der Waals surface area contributed by atoms with Crippen LogP contribution in [-0.2, 0) is 19.5 Å². The topological polar surface area (TPSA) is 114 Å². The van der Waals surface area contributed by atoms with Crippen molar-refractivity contribution in [3.05, 3.63) is 53.3 Å². The van der Waals surface area contributed by atoms with Gasteiger partial charge in [-0.25, -0.2) is 18.3 Å². The fourth-order valence-corrected chi connectivity index (χ4v) is 4.52. The molecule has 0 saturated heterocycles. The molecule has 172 valence electrons. The minimum absolute atomic E-state index is 0.185. The van der Waals surface area contributed by atoms with E-state index >= 15 is 0 Å². The lowest BCUT2D eigenvalue weighted by Crippen LogP contribution is -2.51. The molecule has 1 heterocycles. The highest BCUT2D eigenvalue weighted by atomic mass is 32.2. The Morgan fingerprint density at radius 3 is 2.56 bits per heavy atom. The molecule has 2 aromatic rings. The third-order valence-electron chi connectivity index (χ3n) is 5.78. The number of hydroxylamine groups is 1. The van der Waals surface area contributed by atoms with Crippen LogP contribution in [0.4, 0.5) is 4.39 Å². The SMILES string of the molecule is COc1ccc(-c2ccc(C3=NOC(CC(C)(C(=O)NO)S(C)(=O)=O)C3)cc2F)c(C)c1. The fourth-order valence-electron chi connectivity index (χ4n) is 3.65. The van der Waals surface area contributed by atoms with Crippen molar-refractivity contribution in [3.8, 4) is 16.9 Å². The maximum atomic E-state index is 14.9. The van der Waals surface area contributed by atoms with Crippen molar-refractivity contribution in [3.63, 3.8) is 0 Å². The molecule has 10 heteroatoms. The summed E-state index contributed by atoms with van der Waals surface area (Å²) in [6.45, 7) is 3.08. The zero-order chi connectivity index (χ0) is 23.7. The quantitative estimate of drug-likeness (QED) is 0.481. The number of methoxy groups -OCH3 is 1. The van der Waals surface area contributed by atoms with E-state index in [4.69, 9.17) is 14.8 Å².